The number of hydrogen-bond acceptors (Lipinski definition) is 2. The van der Waals surface area contributed by atoms with Crippen LogP contribution in [-0.2, 0) is 0 Å². The molecule has 0 saturated carbocycles. The van der Waals surface area contributed by atoms with Crippen LogP contribution in [0.3, 0.4) is 0 Å². The van der Waals surface area contributed by atoms with Crippen LogP contribution < -0.4 is 10.6 Å². The van der Waals surface area contributed by atoms with Gasteiger partial charge in [-0.05, 0) is 24.5 Å². The molecule has 4 nitrogen and oxygen atoms in total. The fraction of sp³-hybridized carbons (Fsp3) is 0.462. The maximum absolute atomic E-state index is 12.9. The van der Waals surface area contributed by atoms with E-state index < -0.39 is 23.7 Å². The summed E-state index contributed by atoms with van der Waals surface area (Å²) in [5.41, 5.74) is 0.0243. The van der Waals surface area contributed by atoms with Gasteiger partial charge in [0.1, 0.15) is 11.6 Å². The summed E-state index contributed by atoms with van der Waals surface area (Å²) in [4.78, 5) is 11.6. The minimum Gasteiger partial charge on any atom is -0.394 e. The summed E-state index contributed by atoms with van der Waals surface area (Å²) in [6.45, 7) is 3.73. The highest BCUT2D eigenvalue weighted by Crippen LogP contribution is 2.13. The number of halogens is 2. The van der Waals surface area contributed by atoms with E-state index in [-0.39, 0.29) is 12.3 Å². The van der Waals surface area contributed by atoms with E-state index in [1.165, 1.54) is 0 Å². The van der Waals surface area contributed by atoms with Gasteiger partial charge < -0.3 is 15.7 Å². The first-order chi connectivity index (χ1) is 8.90. The summed E-state index contributed by atoms with van der Waals surface area (Å²) in [5, 5.41) is 14.0. The molecule has 0 aliphatic heterocycles. The van der Waals surface area contributed by atoms with Crippen molar-refractivity contribution >= 4 is 11.7 Å². The van der Waals surface area contributed by atoms with Gasteiger partial charge in [0.2, 0.25) is 0 Å². The Morgan fingerprint density at radius 1 is 1.26 bits per heavy atom. The first-order valence-corrected chi connectivity index (χ1v) is 6.05. The van der Waals surface area contributed by atoms with E-state index in [2.05, 4.69) is 10.6 Å². The highest BCUT2D eigenvalue weighted by Gasteiger charge is 2.13. The molecule has 0 saturated heterocycles. The molecule has 6 heteroatoms. The van der Waals surface area contributed by atoms with Crippen molar-refractivity contribution in [3.8, 4) is 0 Å². The number of aliphatic hydroxyl groups is 1. The molecule has 1 atom stereocenters. The molecule has 0 spiro atoms. The molecule has 1 aromatic rings. The highest BCUT2D eigenvalue weighted by atomic mass is 19.1. The Kier molecular flexibility index (Phi) is 5.69. The zero-order chi connectivity index (χ0) is 14.4. The van der Waals surface area contributed by atoms with Crippen LogP contribution in [0, 0.1) is 17.6 Å². The molecule has 0 fully saturated rings. The third-order valence-electron chi connectivity index (χ3n) is 2.43. The Morgan fingerprint density at radius 3 is 2.32 bits per heavy atom. The van der Waals surface area contributed by atoms with Crippen LogP contribution >= 0.6 is 0 Å². The topological polar surface area (TPSA) is 61.4 Å². The zero-order valence-electron chi connectivity index (χ0n) is 10.9. The van der Waals surface area contributed by atoms with E-state index in [4.69, 9.17) is 5.11 Å². The minimum absolute atomic E-state index is 0.0243. The summed E-state index contributed by atoms with van der Waals surface area (Å²) in [7, 11) is 0. The predicted molar refractivity (Wildman–Crippen MR) is 68.8 cm³/mol. The van der Waals surface area contributed by atoms with Crippen LogP contribution in [0.15, 0.2) is 18.2 Å². The van der Waals surface area contributed by atoms with E-state index in [1.807, 2.05) is 13.8 Å². The number of benzene rings is 1. The molecule has 0 bridgehead atoms. The van der Waals surface area contributed by atoms with Gasteiger partial charge in [-0.25, -0.2) is 13.6 Å². The van der Waals surface area contributed by atoms with Crippen molar-refractivity contribution in [1.29, 1.82) is 0 Å². The number of aliphatic hydroxyl groups excluding tert-OH is 1. The fourth-order valence-corrected chi connectivity index (χ4v) is 1.73. The van der Waals surface area contributed by atoms with E-state index in [0.717, 1.165) is 18.2 Å². The monoisotopic (exact) mass is 272 g/mol. The number of anilines is 1. The molecule has 0 radical (unpaired) electrons. The van der Waals surface area contributed by atoms with Gasteiger partial charge in [-0.3, -0.25) is 0 Å². The molecule has 1 unspecified atom stereocenters. The molecular weight excluding hydrogens is 254 g/mol. The van der Waals surface area contributed by atoms with Gasteiger partial charge in [-0.2, -0.15) is 0 Å². The van der Waals surface area contributed by atoms with Crippen molar-refractivity contribution in [1.82, 2.24) is 5.32 Å². The Labute approximate surface area is 110 Å². The molecule has 106 valence electrons. The van der Waals surface area contributed by atoms with Crippen molar-refractivity contribution in [2.75, 3.05) is 11.9 Å². The maximum atomic E-state index is 12.9. The van der Waals surface area contributed by atoms with Crippen LogP contribution in [0.2, 0.25) is 0 Å². The van der Waals surface area contributed by atoms with Crippen LogP contribution in [-0.4, -0.2) is 23.8 Å². The van der Waals surface area contributed by atoms with Gasteiger partial charge in [-0.15, -0.1) is 0 Å². The molecule has 0 aromatic heterocycles. The van der Waals surface area contributed by atoms with Gasteiger partial charge in [0.15, 0.2) is 0 Å². The van der Waals surface area contributed by atoms with Crippen molar-refractivity contribution in [3.05, 3.63) is 29.8 Å². The Hall–Kier alpha value is -1.69. The lowest BCUT2D eigenvalue weighted by molar-refractivity contribution is 0.214. The van der Waals surface area contributed by atoms with Crippen LogP contribution in [0.1, 0.15) is 20.3 Å². The van der Waals surface area contributed by atoms with E-state index in [1.54, 1.807) is 0 Å². The van der Waals surface area contributed by atoms with Gasteiger partial charge in [0, 0.05) is 11.8 Å². The van der Waals surface area contributed by atoms with E-state index in [0.29, 0.717) is 12.3 Å². The Bertz CT molecular complexity index is 418. The number of nitrogens with one attached hydrogen (secondary N) is 2. The molecule has 0 aliphatic carbocycles. The highest BCUT2D eigenvalue weighted by molar-refractivity contribution is 5.89. The molecular formula is C13H18F2N2O2. The van der Waals surface area contributed by atoms with Gasteiger partial charge in [0.25, 0.3) is 0 Å². The average molecular weight is 272 g/mol. The SMILES string of the molecule is CC(C)CC(CO)NC(=O)Nc1cc(F)cc(F)c1. The minimum atomic E-state index is -0.767. The number of carbonyl (C=O) groups is 1. The lowest BCUT2D eigenvalue weighted by atomic mass is 10.0. The Morgan fingerprint density at radius 2 is 1.84 bits per heavy atom. The largest absolute Gasteiger partial charge is 0.394 e. The second-order valence-electron chi connectivity index (χ2n) is 4.77. The molecule has 2 amide bonds. The quantitative estimate of drug-likeness (QED) is 0.771. The van der Waals surface area contributed by atoms with Crippen molar-refractivity contribution in [3.63, 3.8) is 0 Å². The average Bonchev–Trinajstić information content (AvgIpc) is 2.25. The predicted octanol–water partition coefficient (Wildman–Crippen LogP) is 2.49. The third kappa shape index (κ3) is 5.65. The number of rotatable bonds is 5. The summed E-state index contributed by atoms with van der Waals surface area (Å²) in [6.07, 6.45) is 0.613. The van der Waals surface area contributed by atoms with Crippen molar-refractivity contribution < 1.29 is 18.7 Å². The van der Waals surface area contributed by atoms with Gasteiger partial charge >= 0.3 is 6.03 Å². The van der Waals surface area contributed by atoms with Crippen LogP contribution in [0.25, 0.3) is 0 Å². The fourth-order valence-electron chi connectivity index (χ4n) is 1.73. The molecule has 1 rings (SSSR count). The second-order valence-corrected chi connectivity index (χ2v) is 4.77. The van der Waals surface area contributed by atoms with E-state index in [9.17, 15) is 13.6 Å². The molecule has 3 N–H and O–H groups in total. The lowest BCUT2D eigenvalue weighted by Gasteiger charge is -2.18. The first kappa shape index (κ1) is 15.4. The third-order valence-corrected chi connectivity index (χ3v) is 2.43. The molecule has 1 aromatic carbocycles. The number of amides is 2. The summed E-state index contributed by atoms with van der Waals surface area (Å²) >= 11 is 0. The van der Waals surface area contributed by atoms with Crippen LogP contribution in [0.5, 0.6) is 0 Å². The van der Waals surface area contributed by atoms with Gasteiger partial charge in [-0.1, -0.05) is 13.8 Å². The smallest absolute Gasteiger partial charge is 0.319 e. The summed E-state index contributed by atoms with van der Waals surface area (Å²) < 4.78 is 25.9. The number of hydrogen-bond donors (Lipinski definition) is 3. The second kappa shape index (κ2) is 7.04. The van der Waals surface area contributed by atoms with Crippen molar-refractivity contribution in [2.24, 2.45) is 5.92 Å². The first-order valence-electron chi connectivity index (χ1n) is 6.05. The molecule has 19 heavy (non-hydrogen) atoms. The maximum Gasteiger partial charge on any atom is 0.319 e. The van der Waals surface area contributed by atoms with E-state index >= 15 is 0 Å². The summed E-state index contributed by atoms with van der Waals surface area (Å²) in [6, 6.07) is 1.75. The standard InChI is InChI=1S/C13H18F2N2O2/c1-8(2)3-12(7-18)17-13(19)16-11-5-9(14)4-10(15)6-11/h4-6,8,12,18H,3,7H2,1-2H3,(H2,16,17,19). The lowest BCUT2D eigenvalue weighted by Crippen LogP contribution is -2.41. The normalized spacial score (nSPS) is 12.3. The molecule has 0 aliphatic rings. The number of carbonyl (C=O) groups excluding carboxylic acids is 1. The van der Waals surface area contributed by atoms with Gasteiger partial charge in [0.05, 0.1) is 12.6 Å². The Balaban J connectivity index is 2.58. The molecule has 0 heterocycles. The number of urea groups is 1. The van der Waals surface area contributed by atoms with Crippen molar-refractivity contribution in [2.45, 2.75) is 26.3 Å². The van der Waals surface area contributed by atoms with Crippen LogP contribution in [0.4, 0.5) is 19.3 Å². The summed E-state index contributed by atoms with van der Waals surface area (Å²) in [5.74, 6) is -1.23. The zero-order valence-corrected chi connectivity index (χ0v) is 10.9.